The zero-order valence-electron chi connectivity index (χ0n) is 18.5. The molecule has 1 atom stereocenters. The molecule has 0 amide bonds. The maximum absolute atomic E-state index is 5.90. The van der Waals surface area contributed by atoms with Crippen LogP contribution in [0.4, 0.5) is 10.8 Å². The van der Waals surface area contributed by atoms with E-state index in [4.69, 9.17) is 9.15 Å². The van der Waals surface area contributed by atoms with Crippen molar-refractivity contribution >= 4 is 33.9 Å². The summed E-state index contributed by atoms with van der Waals surface area (Å²) < 4.78 is 11.9. The maximum Gasteiger partial charge on any atom is 0.247 e. The van der Waals surface area contributed by atoms with Crippen molar-refractivity contribution in [1.82, 2.24) is 20.4 Å². The summed E-state index contributed by atoms with van der Waals surface area (Å²) in [6.07, 6.45) is 1.92. The van der Waals surface area contributed by atoms with Gasteiger partial charge in [-0.2, -0.15) is 0 Å². The minimum atomic E-state index is -0.0515. The fourth-order valence-corrected chi connectivity index (χ4v) is 5.20. The van der Waals surface area contributed by atoms with Gasteiger partial charge in [-0.1, -0.05) is 55.1 Å². The second-order valence-corrected chi connectivity index (χ2v) is 9.66. The minimum Gasteiger partial charge on any atom is -0.497 e. The Labute approximate surface area is 195 Å². The smallest absolute Gasteiger partial charge is 0.247 e. The summed E-state index contributed by atoms with van der Waals surface area (Å²) in [5, 5.41) is 21.3. The van der Waals surface area contributed by atoms with Crippen LogP contribution < -0.4 is 10.1 Å². The van der Waals surface area contributed by atoms with Crippen molar-refractivity contribution in [3.63, 3.8) is 0 Å². The van der Waals surface area contributed by atoms with E-state index in [-0.39, 0.29) is 5.25 Å². The van der Waals surface area contributed by atoms with E-state index in [2.05, 4.69) is 57.8 Å². The molecule has 32 heavy (non-hydrogen) atoms. The lowest BCUT2D eigenvalue weighted by Crippen LogP contribution is -1.99. The molecule has 0 aliphatic carbocycles. The van der Waals surface area contributed by atoms with E-state index >= 15 is 0 Å². The first kappa shape index (κ1) is 22.3. The van der Waals surface area contributed by atoms with Crippen LogP contribution in [0.1, 0.15) is 43.0 Å². The van der Waals surface area contributed by atoms with Crippen molar-refractivity contribution in [1.29, 1.82) is 0 Å². The molecule has 1 N–H and O–H groups in total. The fourth-order valence-electron chi connectivity index (χ4n) is 3.27. The van der Waals surface area contributed by atoms with Gasteiger partial charge in [0.25, 0.3) is 0 Å². The van der Waals surface area contributed by atoms with E-state index in [0.29, 0.717) is 11.8 Å². The number of hydrogen-bond donors (Lipinski definition) is 1. The van der Waals surface area contributed by atoms with Gasteiger partial charge in [-0.15, -0.1) is 20.4 Å². The first-order valence-electron chi connectivity index (χ1n) is 10.5. The largest absolute Gasteiger partial charge is 0.497 e. The van der Waals surface area contributed by atoms with Crippen LogP contribution in [0, 0.1) is 0 Å². The molecule has 0 saturated carbocycles. The molecule has 1 unspecified atom stereocenters. The summed E-state index contributed by atoms with van der Waals surface area (Å²) in [4.78, 5) is 0. The predicted octanol–water partition coefficient (Wildman–Crippen LogP) is 6.32. The molecule has 0 bridgehead atoms. The van der Waals surface area contributed by atoms with Crippen molar-refractivity contribution in [2.75, 3.05) is 12.4 Å². The lowest BCUT2D eigenvalue weighted by Gasteiger charge is -2.13. The summed E-state index contributed by atoms with van der Waals surface area (Å²) >= 11 is 3.07. The Morgan fingerprint density at radius 1 is 1.00 bits per heavy atom. The van der Waals surface area contributed by atoms with Crippen molar-refractivity contribution in [2.24, 2.45) is 0 Å². The number of rotatable bonds is 9. The van der Waals surface area contributed by atoms with Crippen LogP contribution >= 0.6 is 23.1 Å². The number of benzene rings is 2. The number of nitrogens with one attached hydrogen (secondary N) is 1. The molecule has 0 radical (unpaired) electrons. The molecule has 4 rings (SSSR count). The first-order valence-corrected chi connectivity index (χ1v) is 12.2. The van der Waals surface area contributed by atoms with E-state index in [1.807, 2.05) is 31.2 Å². The zero-order valence-corrected chi connectivity index (χ0v) is 20.1. The summed E-state index contributed by atoms with van der Waals surface area (Å²) in [5.74, 6) is 1.82. The van der Waals surface area contributed by atoms with E-state index in [0.717, 1.165) is 39.3 Å². The van der Waals surface area contributed by atoms with Crippen molar-refractivity contribution in [3.05, 3.63) is 59.5 Å². The number of aryl methyl sites for hydroxylation is 2. The first-order chi connectivity index (χ1) is 15.6. The third-order valence-electron chi connectivity index (χ3n) is 5.04. The summed E-state index contributed by atoms with van der Waals surface area (Å²) in [6, 6.07) is 13.9. The van der Waals surface area contributed by atoms with Gasteiger partial charge in [-0.25, -0.2) is 0 Å². The number of para-hydroxylation sites is 1. The van der Waals surface area contributed by atoms with E-state index in [9.17, 15) is 0 Å². The van der Waals surface area contributed by atoms with E-state index in [1.165, 1.54) is 22.5 Å². The number of anilines is 2. The second kappa shape index (κ2) is 10.1. The Hall–Kier alpha value is -2.91. The molecular weight excluding hydrogens is 442 g/mol. The van der Waals surface area contributed by atoms with Crippen molar-refractivity contribution < 1.29 is 9.15 Å². The van der Waals surface area contributed by atoms with Gasteiger partial charge in [-0.3, -0.25) is 0 Å². The molecule has 2 aromatic carbocycles. The predicted molar refractivity (Wildman–Crippen MR) is 129 cm³/mol. The van der Waals surface area contributed by atoms with Gasteiger partial charge in [0.1, 0.15) is 5.75 Å². The van der Waals surface area contributed by atoms with Crippen LogP contribution in [-0.2, 0) is 12.8 Å². The number of thioether (sulfide) groups is 1. The summed E-state index contributed by atoms with van der Waals surface area (Å²) in [5.41, 5.74) is 4.54. The maximum atomic E-state index is 5.90. The molecule has 0 aliphatic heterocycles. The summed E-state index contributed by atoms with van der Waals surface area (Å²) in [7, 11) is 1.64. The second-order valence-electron chi connectivity index (χ2n) is 7.09. The molecule has 0 aliphatic rings. The molecule has 0 fully saturated rings. The average Bonchev–Trinajstić information content (AvgIpc) is 3.49. The molecule has 7 nitrogen and oxygen atoms in total. The third kappa shape index (κ3) is 4.94. The number of hydrogen-bond acceptors (Lipinski definition) is 9. The van der Waals surface area contributed by atoms with Crippen molar-refractivity contribution in [2.45, 2.75) is 43.2 Å². The van der Waals surface area contributed by atoms with E-state index < -0.39 is 0 Å². The highest BCUT2D eigenvalue weighted by atomic mass is 32.2. The van der Waals surface area contributed by atoms with E-state index in [1.54, 1.807) is 18.9 Å². The number of nitrogens with zero attached hydrogens (tertiary/aromatic N) is 4. The standard InChI is InChI=1S/C23H25N5O2S2/c1-5-15-8-7-9-16(6-2)19(15)24-22-27-28-23(32-22)31-14(3)20-25-26-21(30-20)17-10-12-18(29-4)13-11-17/h7-14H,5-6H2,1-4H3,(H,24,27). The van der Waals surface area contributed by atoms with Gasteiger partial charge in [0, 0.05) is 11.3 Å². The lowest BCUT2D eigenvalue weighted by molar-refractivity contribution is 0.415. The van der Waals surface area contributed by atoms with Gasteiger partial charge >= 0.3 is 0 Å². The van der Waals surface area contributed by atoms with Crippen molar-refractivity contribution in [3.8, 4) is 17.2 Å². The molecule has 2 heterocycles. The Morgan fingerprint density at radius 3 is 2.38 bits per heavy atom. The number of ether oxygens (including phenoxy) is 1. The average molecular weight is 468 g/mol. The molecule has 0 saturated heterocycles. The summed E-state index contributed by atoms with van der Waals surface area (Å²) in [6.45, 7) is 6.34. The normalized spacial score (nSPS) is 12.0. The van der Waals surface area contributed by atoms with Crippen LogP contribution in [0.5, 0.6) is 5.75 Å². The SMILES string of the molecule is CCc1cccc(CC)c1Nc1nnc(SC(C)c2nnc(-c3ccc(OC)cc3)o2)s1. The van der Waals surface area contributed by atoms with Crippen LogP contribution in [0.25, 0.3) is 11.5 Å². The van der Waals surface area contributed by atoms with Crippen LogP contribution in [0.15, 0.2) is 51.2 Å². The van der Waals surface area contributed by atoms with Gasteiger partial charge in [0.2, 0.25) is 16.9 Å². The molecule has 0 spiro atoms. The quantitative estimate of drug-likeness (QED) is 0.286. The molecule has 2 aromatic heterocycles. The van der Waals surface area contributed by atoms with Gasteiger partial charge in [0.15, 0.2) is 4.34 Å². The molecule has 4 aromatic rings. The lowest BCUT2D eigenvalue weighted by atomic mass is 10.0. The Kier molecular flexibility index (Phi) is 7.06. The van der Waals surface area contributed by atoms with Crippen LogP contribution in [-0.4, -0.2) is 27.5 Å². The zero-order chi connectivity index (χ0) is 22.5. The highest BCUT2D eigenvalue weighted by molar-refractivity contribution is 8.01. The third-order valence-corrected chi connectivity index (χ3v) is 7.05. The highest BCUT2D eigenvalue weighted by Gasteiger charge is 2.19. The molecule has 166 valence electrons. The Morgan fingerprint density at radius 2 is 1.72 bits per heavy atom. The topological polar surface area (TPSA) is 86.0 Å². The fraction of sp³-hybridized carbons (Fsp3) is 0.304. The molecule has 9 heteroatoms. The minimum absolute atomic E-state index is 0.0515. The number of methoxy groups -OCH3 is 1. The molecular formula is C23H25N5O2S2. The Balaban J connectivity index is 1.44. The highest BCUT2D eigenvalue weighted by Crippen LogP contribution is 2.38. The Bertz CT molecular complexity index is 1150. The monoisotopic (exact) mass is 467 g/mol. The van der Waals surface area contributed by atoms with Crippen LogP contribution in [0.3, 0.4) is 0 Å². The van der Waals surface area contributed by atoms with Gasteiger partial charge in [0.05, 0.1) is 12.4 Å². The van der Waals surface area contributed by atoms with Crippen LogP contribution in [0.2, 0.25) is 0 Å². The number of aromatic nitrogens is 4. The van der Waals surface area contributed by atoms with Gasteiger partial charge in [-0.05, 0) is 55.2 Å². The van der Waals surface area contributed by atoms with Gasteiger partial charge < -0.3 is 14.5 Å².